The van der Waals surface area contributed by atoms with E-state index >= 15 is 0 Å². The third kappa shape index (κ3) is 4.67. The molecule has 28 heavy (non-hydrogen) atoms. The topological polar surface area (TPSA) is 55.4 Å². The van der Waals surface area contributed by atoms with Crippen LogP contribution in [0.2, 0.25) is 5.02 Å². The molecule has 0 fully saturated rings. The van der Waals surface area contributed by atoms with Crippen LogP contribution in [0.3, 0.4) is 0 Å². The minimum absolute atomic E-state index is 0.281. The van der Waals surface area contributed by atoms with Crippen LogP contribution in [0.5, 0.6) is 0 Å². The Kier molecular flexibility index (Phi) is 6.25. The average Bonchev–Trinajstić information content (AvgIpc) is 2.73. The first kappa shape index (κ1) is 19.4. The van der Waals surface area contributed by atoms with E-state index in [0.29, 0.717) is 21.8 Å². The highest BCUT2D eigenvalue weighted by atomic mass is 35.5. The van der Waals surface area contributed by atoms with Gasteiger partial charge in [-0.2, -0.15) is 0 Å². The van der Waals surface area contributed by atoms with Crippen molar-refractivity contribution in [2.75, 3.05) is 12.4 Å². The number of halogens is 1. The molecule has 3 aromatic rings. The molecule has 0 bridgehead atoms. The van der Waals surface area contributed by atoms with Crippen LogP contribution < -0.4 is 5.32 Å². The van der Waals surface area contributed by atoms with E-state index in [-0.39, 0.29) is 5.91 Å². The number of methoxy groups -OCH3 is 1. The van der Waals surface area contributed by atoms with Crippen LogP contribution in [0.25, 0.3) is 11.6 Å². The second-order valence-corrected chi connectivity index (χ2v) is 6.38. The molecule has 0 aliphatic heterocycles. The molecule has 0 unspecified atom stereocenters. The quantitative estimate of drug-likeness (QED) is 0.364. The summed E-state index contributed by atoms with van der Waals surface area (Å²) in [6.07, 6.45) is 1.76. The molecular formula is C23H18ClNO3. The van der Waals surface area contributed by atoms with Crippen molar-refractivity contribution in [1.82, 2.24) is 0 Å². The molecule has 0 aliphatic carbocycles. The highest BCUT2D eigenvalue weighted by Crippen LogP contribution is 2.24. The Morgan fingerprint density at radius 3 is 2.14 bits per heavy atom. The first-order valence-electron chi connectivity index (χ1n) is 8.60. The van der Waals surface area contributed by atoms with Gasteiger partial charge in [0.05, 0.1) is 12.7 Å². The number of hydrogen-bond acceptors (Lipinski definition) is 3. The van der Waals surface area contributed by atoms with Crippen LogP contribution >= 0.6 is 11.6 Å². The number of ether oxygens (including phenoxy) is 1. The summed E-state index contributed by atoms with van der Waals surface area (Å²) >= 11 is 6.26. The van der Waals surface area contributed by atoms with Crippen LogP contribution in [0.15, 0.2) is 78.9 Å². The molecule has 0 atom stereocenters. The number of hydrogen-bond donors (Lipinski definition) is 1. The van der Waals surface area contributed by atoms with E-state index in [1.54, 1.807) is 36.4 Å². The number of rotatable bonds is 5. The number of carbonyl (C=O) groups excluding carboxylic acids is 2. The third-order valence-corrected chi connectivity index (χ3v) is 4.44. The zero-order valence-electron chi connectivity index (χ0n) is 15.2. The first-order valence-corrected chi connectivity index (χ1v) is 8.97. The lowest BCUT2D eigenvalue weighted by Crippen LogP contribution is -2.14. The molecule has 1 amide bonds. The largest absolute Gasteiger partial charge is 0.465 e. The Bertz CT molecular complexity index is 1010. The van der Waals surface area contributed by atoms with E-state index in [1.165, 1.54) is 7.11 Å². The zero-order valence-corrected chi connectivity index (χ0v) is 15.9. The predicted octanol–water partition coefficient (Wildman–Crippen LogP) is 5.31. The molecule has 0 heterocycles. The predicted molar refractivity (Wildman–Crippen MR) is 112 cm³/mol. The molecule has 3 aromatic carbocycles. The van der Waals surface area contributed by atoms with Gasteiger partial charge >= 0.3 is 5.97 Å². The summed E-state index contributed by atoms with van der Waals surface area (Å²) in [5.74, 6) is -0.710. The van der Waals surface area contributed by atoms with Gasteiger partial charge in [0.1, 0.15) is 0 Å². The maximum absolute atomic E-state index is 13.0. The van der Waals surface area contributed by atoms with Crippen molar-refractivity contribution in [3.8, 4) is 0 Å². The number of benzene rings is 3. The van der Waals surface area contributed by atoms with Gasteiger partial charge in [-0.25, -0.2) is 4.79 Å². The molecule has 4 nitrogen and oxygen atoms in total. The summed E-state index contributed by atoms with van der Waals surface area (Å²) in [5, 5.41) is 3.42. The fourth-order valence-corrected chi connectivity index (χ4v) is 2.84. The third-order valence-electron chi connectivity index (χ3n) is 4.10. The van der Waals surface area contributed by atoms with Crippen LogP contribution in [0, 0.1) is 0 Å². The molecule has 1 N–H and O–H groups in total. The van der Waals surface area contributed by atoms with Crippen molar-refractivity contribution >= 4 is 40.8 Å². The van der Waals surface area contributed by atoms with Gasteiger partial charge in [0.2, 0.25) is 0 Å². The van der Waals surface area contributed by atoms with Crippen molar-refractivity contribution < 1.29 is 14.3 Å². The van der Waals surface area contributed by atoms with E-state index in [1.807, 2.05) is 48.5 Å². The Labute approximate surface area is 168 Å². The van der Waals surface area contributed by atoms with E-state index in [4.69, 9.17) is 11.6 Å². The Morgan fingerprint density at radius 1 is 0.857 bits per heavy atom. The van der Waals surface area contributed by atoms with Crippen molar-refractivity contribution in [2.24, 2.45) is 0 Å². The molecule has 0 saturated heterocycles. The van der Waals surface area contributed by atoms with Crippen LogP contribution in [-0.2, 0) is 9.53 Å². The Balaban J connectivity index is 1.91. The molecule has 140 valence electrons. The van der Waals surface area contributed by atoms with Crippen molar-refractivity contribution in [3.05, 3.63) is 101 Å². The molecule has 0 aromatic heterocycles. The second-order valence-electron chi connectivity index (χ2n) is 5.97. The fraction of sp³-hybridized carbons (Fsp3) is 0.0435. The Hall–Kier alpha value is -3.37. The van der Waals surface area contributed by atoms with Crippen molar-refractivity contribution in [3.63, 3.8) is 0 Å². The van der Waals surface area contributed by atoms with E-state index in [2.05, 4.69) is 10.1 Å². The number of carbonyl (C=O) groups is 2. The molecule has 0 saturated carbocycles. The van der Waals surface area contributed by atoms with Gasteiger partial charge in [0.15, 0.2) is 0 Å². The maximum Gasteiger partial charge on any atom is 0.337 e. The van der Waals surface area contributed by atoms with Crippen LogP contribution in [0.4, 0.5) is 5.69 Å². The minimum atomic E-state index is -0.429. The maximum atomic E-state index is 13.0. The molecule has 0 radical (unpaired) electrons. The lowest BCUT2D eigenvalue weighted by Gasteiger charge is -2.11. The zero-order chi connectivity index (χ0) is 19.9. The van der Waals surface area contributed by atoms with Gasteiger partial charge in [-0.05, 0) is 47.5 Å². The highest BCUT2D eigenvalue weighted by Gasteiger charge is 2.14. The summed E-state index contributed by atoms with van der Waals surface area (Å²) in [5.41, 5.74) is 2.98. The normalized spacial score (nSPS) is 11.0. The number of esters is 1. The summed E-state index contributed by atoms with van der Waals surface area (Å²) < 4.78 is 4.68. The molecular weight excluding hydrogens is 374 g/mol. The molecule has 3 rings (SSSR count). The summed E-state index contributed by atoms with van der Waals surface area (Å²) in [7, 11) is 1.32. The van der Waals surface area contributed by atoms with Gasteiger partial charge in [-0.15, -0.1) is 0 Å². The number of anilines is 1. The van der Waals surface area contributed by atoms with Gasteiger partial charge < -0.3 is 10.1 Å². The fourth-order valence-electron chi connectivity index (χ4n) is 2.65. The van der Waals surface area contributed by atoms with Gasteiger partial charge in [0.25, 0.3) is 5.91 Å². The average molecular weight is 392 g/mol. The van der Waals surface area contributed by atoms with Crippen LogP contribution in [0.1, 0.15) is 21.5 Å². The lowest BCUT2D eigenvalue weighted by molar-refractivity contribution is -0.111. The first-order chi connectivity index (χ1) is 13.6. The monoisotopic (exact) mass is 391 g/mol. The standard InChI is InChI=1S/C23H18ClNO3/c1-28-23(27)17-11-13-19(14-12-17)25-22(26)20(16-7-3-2-4-8-16)15-18-9-5-6-10-21(18)24/h2-15H,1H3,(H,25,26)/b20-15+. The minimum Gasteiger partial charge on any atom is -0.465 e. The van der Waals surface area contributed by atoms with Gasteiger partial charge in [0, 0.05) is 16.3 Å². The van der Waals surface area contributed by atoms with Gasteiger partial charge in [-0.3, -0.25) is 4.79 Å². The van der Waals surface area contributed by atoms with E-state index in [0.717, 1.165) is 11.1 Å². The molecule has 0 aliphatic rings. The Morgan fingerprint density at radius 2 is 1.50 bits per heavy atom. The van der Waals surface area contributed by atoms with E-state index < -0.39 is 5.97 Å². The lowest BCUT2D eigenvalue weighted by atomic mass is 10.0. The second kappa shape index (κ2) is 9.02. The number of amides is 1. The van der Waals surface area contributed by atoms with Crippen LogP contribution in [-0.4, -0.2) is 19.0 Å². The smallest absolute Gasteiger partial charge is 0.337 e. The molecule has 5 heteroatoms. The summed E-state index contributed by atoms with van der Waals surface area (Å²) in [4.78, 5) is 24.5. The van der Waals surface area contributed by atoms with Crippen molar-refractivity contribution in [1.29, 1.82) is 0 Å². The molecule has 0 spiro atoms. The van der Waals surface area contributed by atoms with Crippen molar-refractivity contribution in [2.45, 2.75) is 0 Å². The number of nitrogens with one attached hydrogen (secondary N) is 1. The summed E-state index contributed by atoms with van der Waals surface area (Å²) in [6, 6.07) is 23.2. The highest BCUT2D eigenvalue weighted by molar-refractivity contribution is 6.34. The van der Waals surface area contributed by atoms with Gasteiger partial charge in [-0.1, -0.05) is 60.1 Å². The summed E-state index contributed by atoms with van der Waals surface area (Å²) in [6.45, 7) is 0. The SMILES string of the molecule is COC(=O)c1ccc(NC(=O)/C(=C/c2ccccc2Cl)c2ccccc2)cc1. The van der Waals surface area contributed by atoms with E-state index in [9.17, 15) is 9.59 Å².